The molecule has 0 bridgehead atoms. The maximum atomic E-state index is 5.49. The highest BCUT2D eigenvalue weighted by atomic mass is 16.5. The Bertz CT molecular complexity index is 323. The maximum absolute atomic E-state index is 5.49. The third-order valence-corrected chi connectivity index (χ3v) is 2.23. The Kier molecular flexibility index (Phi) is 3.04. The molecule has 0 spiro atoms. The molecular formula is C11H17N3O. The van der Waals surface area contributed by atoms with Crippen LogP contribution >= 0.6 is 0 Å². The van der Waals surface area contributed by atoms with Crippen molar-refractivity contribution in [2.24, 2.45) is 5.92 Å². The van der Waals surface area contributed by atoms with Gasteiger partial charge in [-0.05, 0) is 32.6 Å². The van der Waals surface area contributed by atoms with Crippen LogP contribution in [0.4, 0.5) is 5.95 Å². The Hall–Kier alpha value is -1.32. The summed E-state index contributed by atoms with van der Waals surface area (Å²) >= 11 is 0. The molecule has 1 aliphatic rings. The van der Waals surface area contributed by atoms with Crippen LogP contribution in [0.5, 0.6) is 5.88 Å². The normalized spacial score (nSPS) is 15.4. The Morgan fingerprint density at radius 2 is 2.33 bits per heavy atom. The van der Waals surface area contributed by atoms with E-state index in [1.165, 1.54) is 12.8 Å². The van der Waals surface area contributed by atoms with Gasteiger partial charge in [-0.15, -0.1) is 0 Å². The Balaban J connectivity index is 1.91. The fraction of sp³-hybridized carbons (Fsp3) is 0.636. The van der Waals surface area contributed by atoms with Crippen molar-refractivity contribution in [3.63, 3.8) is 0 Å². The fourth-order valence-electron chi connectivity index (χ4n) is 1.29. The van der Waals surface area contributed by atoms with Gasteiger partial charge in [0.15, 0.2) is 0 Å². The summed E-state index contributed by atoms with van der Waals surface area (Å²) in [6.45, 7) is 4.95. The molecule has 1 heterocycles. The first-order valence-electron chi connectivity index (χ1n) is 5.47. The molecule has 4 nitrogen and oxygen atoms in total. The molecule has 82 valence electrons. The molecule has 1 saturated carbocycles. The summed E-state index contributed by atoms with van der Waals surface area (Å²) in [6.07, 6.45) is 4.53. The number of anilines is 1. The average Bonchev–Trinajstić information content (AvgIpc) is 2.97. The summed E-state index contributed by atoms with van der Waals surface area (Å²) in [5, 5.41) is 3.22. The van der Waals surface area contributed by atoms with E-state index in [1.54, 1.807) is 12.3 Å². The van der Waals surface area contributed by atoms with Gasteiger partial charge in [-0.25, -0.2) is 4.98 Å². The minimum atomic E-state index is 0.149. The highest BCUT2D eigenvalue weighted by Crippen LogP contribution is 2.28. The molecule has 1 aromatic heterocycles. The van der Waals surface area contributed by atoms with Crippen LogP contribution in [-0.2, 0) is 0 Å². The smallest absolute Gasteiger partial charge is 0.225 e. The van der Waals surface area contributed by atoms with Crippen molar-refractivity contribution >= 4 is 5.95 Å². The molecule has 1 aromatic rings. The predicted octanol–water partition coefficient (Wildman–Crippen LogP) is 2.09. The third kappa shape index (κ3) is 3.38. The number of nitrogens with zero attached hydrogens (tertiary/aromatic N) is 2. The van der Waals surface area contributed by atoms with E-state index < -0.39 is 0 Å². The van der Waals surface area contributed by atoms with Gasteiger partial charge in [0.1, 0.15) is 0 Å². The molecule has 4 heteroatoms. The van der Waals surface area contributed by atoms with E-state index in [-0.39, 0.29) is 6.10 Å². The van der Waals surface area contributed by atoms with Crippen LogP contribution in [0.1, 0.15) is 26.7 Å². The van der Waals surface area contributed by atoms with Crippen LogP contribution in [-0.4, -0.2) is 22.6 Å². The van der Waals surface area contributed by atoms with Crippen LogP contribution in [0.2, 0.25) is 0 Å². The molecule has 0 unspecified atom stereocenters. The number of rotatable bonds is 5. The first kappa shape index (κ1) is 10.2. The first-order chi connectivity index (χ1) is 7.24. The second-order valence-electron chi connectivity index (χ2n) is 4.21. The summed E-state index contributed by atoms with van der Waals surface area (Å²) in [5.41, 5.74) is 0. The van der Waals surface area contributed by atoms with Crippen molar-refractivity contribution in [1.82, 2.24) is 9.97 Å². The molecule has 0 atom stereocenters. The number of nitrogens with one attached hydrogen (secondary N) is 1. The molecular weight excluding hydrogens is 190 g/mol. The first-order valence-corrected chi connectivity index (χ1v) is 5.47. The lowest BCUT2D eigenvalue weighted by Gasteiger charge is -2.09. The van der Waals surface area contributed by atoms with Gasteiger partial charge in [-0.1, -0.05) is 0 Å². The Morgan fingerprint density at radius 3 is 3.00 bits per heavy atom. The van der Waals surface area contributed by atoms with Gasteiger partial charge in [0.05, 0.1) is 6.10 Å². The summed E-state index contributed by atoms with van der Waals surface area (Å²) < 4.78 is 5.49. The quantitative estimate of drug-likeness (QED) is 0.803. The van der Waals surface area contributed by atoms with Crippen LogP contribution in [0, 0.1) is 5.92 Å². The van der Waals surface area contributed by atoms with Crippen molar-refractivity contribution in [3.05, 3.63) is 12.3 Å². The summed E-state index contributed by atoms with van der Waals surface area (Å²) in [6, 6.07) is 1.78. The summed E-state index contributed by atoms with van der Waals surface area (Å²) in [5.74, 6) is 2.13. The van der Waals surface area contributed by atoms with Crippen molar-refractivity contribution in [2.75, 3.05) is 11.9 Å². The lowest BCUT2D eigenvalue weighted by atomic mass is 10.4. The van der Waals surface area contributed by atoms with Crippen LogP contribution in [0.3, 0.4) is 0 Å². The minimum absolute atomic E-state index is 0.149. The van der Waals surface area contributed by atoms with Crippen molar-refractivity contribution < 1.29 is 4.74 Å². The van der Waals surface area contributed by atoms with E-state index in [0.717, 1.165) is 12.5 Å². The number of hydrogen-bond acceptors (Lipinski definition) is 4. The molecule has 0 aromatic carbocycles. The Morgan fingerprint density at radius 1 is 1.53 bits per heavy atom. The topological polar surface area (TPSA) is 47.0 Å². The second-order valence-corrected chi connectivity index (χ2v) is 4.21. The monoisotopic (exact) mass is 207 g/mol. The molecule has 1 aliphatic carbocycles. The standard InChI is InChI=1S/C11H17N3O/c1-8(2)15-10-5-6-12-11(14-10)13-7-9-3-4-9/h5-6,8-9H,3-4,7H2,1-2H3,(H,12,13,14). The van der Waals surface area contributed by atoms with Crippen molar-refractivity contribution in [1.29, 1.82) is 0 Å². The molecule has 2 rings (SSSR count). The van der Waals surface area contributed by atoms with Crippen LogP contribution in [0.15, 0.2) is 12.3 Å². The molecule has 0 saturated heterocycles. The van der Waals surface area contributed by atoms with Crippen LogP contribution < -0.4 is 10.1 Å². The molecule has 1 fully saturated rings. The SMILES string of the molecule is CC(C)Oc1ccnc(NCC2CC2)n1. The average molecular weight is 207 g/mol. The van der Waals surface area contributed by atoms with Gasteiger partial charge in [-0.3, -0.25) is 0 Å². The van der Waals surface area contributed by atoms with E-state index in [0.29, 0.717) is 11.8 Å². The van der Waals surface area contributed by atoms with Gasteiger partial charge in [0, 0.05) is 18.8 Å². The van der Waals surface area contributed by atoms with Gasteiger partial charge < -0.3 is 10.1 Å². The predicted molar refractivity (Wildman–Crippen MR) is 59.0 cm³/mol. The third-order valence-electron chi connectivity index (χ3n) is 2.23. The number of hydrogen-bond donors (Lipinski definition) is 1. The molecule has 15 heavy (non-hydrogen) atoms. The molecule has 0 aliphatic heterocycles. The highest BCUT2D eigenvalue weighted by Gasteiger charge is 2.20. The van der Waals surface area contributed by atoms with E-state index in [9.17, 15) is 0 Å². The van der Waals surface area contributed by atoms with Gasteiger partial charge in [0.2, 0.25) is 11.8 Å². The zero-order valence-electron chi connectivity index (χ0n) is 9.23. The molecule has 0 radical (unpaired) electrons. The van der Waals surface area contributed by atoms with Crippen molar-refractivity contribution in [3.8, 4) is 5.88 Å². The van der Waals surface area contributed by atoms with Crippen LogP contribution in [0.25, 0.3) is 0 Å². The zero-order valence-corrected chi connectivity index (χ0v) is 9.23. The largest absolute Gasteiger partial charge is 0.475 e. The summed E-state index contributed by atoms with van der Waals surface area (Å²) in [7, 11) is 0. The second kappa shape index (κ2) is 4.47. The number of aromatic nitrogens is 2. The van der Waals surface area contributed by atoms with Crippen molar-refractivity contribution in [2.45, 2.75) is 32.8 Å². The summed E-state index contributed by atoms with van der Waals surface area (Å²) in [4.78, 5) is 8.41. The fourth-order valence-corrected chi connectivity index (χ4v) is 1.29. The zero-order chi connectivity index (χ0) is 10.7. The minimum Gasteiger partial charge on any atom is -0.475 e. The molecule has 1 N–H and O–H groups in total. The number of ether oxygens (including phenoxy) is 1. The van der Waals surface area contributed by atoms with Gasteiger partial charge >= 0.3 is 0 Å². The highest BCUT2D eigenvalue weighted by molar-refractivity contribution is 5.27. The van der Waals surface area contributed by atoms with Gasteiger partial charge in [-0.2, -0.15) is 4.98 Å². The Labute approximate surface area is 90.1 Å². The van der Waals surface area contributed by atoms with Gasteiger partial charge in [0.25, 0.3) is 0 Å². The maximum Gasteiger partial charge on any atom is 0.225 e. The van der Waals surface area contributed by atoms with E-state index in [4.69, 9.17) is 4.74 Å². The lowest BCUT2D eigenvalue weighted by molar-refractivity contribution is 0.232. The van der Waals surface area contributed by atoms with E-state index in [2.05, 4.69) is 15.3 Å². The molecule has 0 amide bonds. The van der Waals surface area contributed by atoms with E-state index >= 15 is 0 Å². The van der Waals surface area contributed by atoms with E-state index in [1.807, 2.05) is 13.8 Å². The lowest BCUT2D eigenvalue weighted by Crippen LogP contribution is -2.10.